The summed E-state index contributed by atoms with van der Waals surface area (Å²) in [5, 5.41) is 2.93. The second-order valence-corrected chi connectivity index (χ2v) is 5.88. The van der Waals surface area contributed by atoms with Crippen molar-refractivity contribution in [2.75, 3.05) is 0 Å². The minimum atomic E-state index is -0.412. The summed E-state index contributed by atoms with van der Waals surface area (Å²) in [6.45, 7) is 2.03. The van der Waals surface area contributed by atoms with Gasteiger partial charge in [0, 0.05) is 12.4 Å². The average Bonchev–Trinajstić information content (AvgIpc) is 2.64. The van der Waals surface area contributed by atoms with Gasteiger partial charge in [0.1, 0.15) is 5.56 Å². The molecule has 126 valence electrons. The lowest BCUT2D eigenvalue weighted by Gasteiger charge is -2.18. The predicted octanol–water partition coefficient (Wildman–Crippen LogP) is 2.79. The number of carbonyl (C=O) groups is 1. The molecule has 5 heteroatoms. The van der Waals surface area contributed by atoms with E-state index in [1.54, 1.807) is 12.3 Å². The van der Waals surface area contributed by atoms with E-state index in [1.165, 1.54) is 17.8 Å². The van der Waals surface area contributed by atoms with Crippen LogP contribution in [0.1, 0.15) is 33.2 Å². The second kappa shape index (κ2) is 7.57. The van der Waals surface area contributed by atoms with Crippen LogP contribution in [-0.2, 0) is 6.42 Å². The average molecular weight is 333 g/mol. The number of hydrogen-bond donors (Lipinski definition) is 2. The van der Waals surface area contributed by atoms with Crippen LogP contribution in [0, 0.1) is 6.92 Å². The van der Waals surface area contributed by atoms with E-state index in [2.05, 4.69) is 15.3 Å². The molecule has 0 aliphatic rings. The summed E-state index contributed by atoms with van der Waals surface area (Å²) in [6.07, 6.45) is 3.79. The molecule has 2 N–H and O–H groups in total. The zero-order chi connectivity index (χ0) is 17.6. The largest absolute Gasteiger partial charge is 0.343 e. The van der Waals surface area contributed by atoms with Gasteiger partial charge >= 0.3 is 0 Å². The Bertz CT molecular complexity index is 902. The van der Waals surface area contributed by atoms with E-state index in [0.717, 1.165) is 11.3 Å². The lowest BCUT2D eigenvalue weighted by Crippen LogP contribution is -2.34. The molecule has 3 aromatic rings. The molecule has 0 spiro atoms. The number of hydrogen-bond acceptors (Lipinski definition) is 3. The highest BCUT2D eigenvalue weighted by atomic mass is 16.2. The van der Waals surface area contributed by atoms with Crippen molar-refractivity contribution in [3.05, 3.63) is 99.7 Å². The van der Waals surface area contributed by atoms with Gasteiger partial charge in [-0.25, -0.2) is 0 Å². The summed E-state index contributed by atoms with van der Waals surface area (Å²) in [5.74, 6) is -0.412. The number of aromatic nitrogens is 2. The molecule has 1 unspecified atom stereocenters. The Hall–Kier alpha value is -3.21. The molecule has 1 aromatic carbocycles. The van der Waals surface area contributed by atoms with Gasteiger partial charge in [-0.3, -0.25) is 14.6 Å². The predicted molar refractivity (Wildman–Crippen MR) is 96.4 cm³/mol. The SMILES string of the molecule is Cc1ccc(CC(NC(=O)c2ccc[nH]c2=O)c2ccccn2)cc1. The first-order chi connectivity index (χ1) is 12.1. The van der Waals surface area contributed by atoms with Crippen molar-refractivity contribution in [1.29, 1.82) is 0 Å². The molecule has 0 aliphatic heterocycles. The maximum absolute atomic E-state index is 12.5. The van der Waals surface area contributed by atoms with Crippen LogP contribution in [-0.4, -0.2) is 15.9 Å². The number of aryl methyl sites for hydroxylation is 1. The highest BCUT2D eigenvalue weighted by molar-refractivity contribution is 5.94. The number of amides is 1. The Morgan fingerprint density at radius 1 is 1.12 bits per heavy atom. The lowest BCUT2D eigenvalue weighted by molar-refractivity contribution is 0.0934. The van der Waals surface area contributed by atoms with Crippen LogP contribution in [0.3, 0.4) is 0 Å². The zero-order valence-corrected chi connectivity index (χ0v) is 13.9. The van der Waals surface area contributed by atoms with Gasteiger partial charge in [0.05, 0.1) is 11.7 Å². The number of benzene rings is 1. The highest BCUT2D eigenvalue weighted by Crippen LogP contribution is 2.17. The fourth-order valence-corrected chi connectivity index (χ4v) is 2.61. The van der Waals surface area contributed by atoms with Crippen molar-refractivity contribution < 1.29 is 4.79 Å². The minimum absolute atomic E-state index is 0.0901. The van der Waals surface area contributed by atoms with Gasteiger partial charge in [0.2, 0.25) is 0 Å². The standard InChI is InChI=1S/C20H19N3O2/c1-14-7-9-15(10-8-14)13-18(17-6-2-3-11-21-17)23-20(25)16-5-4-12-22-19(16)24/h2-12,18H,13H2,1H3,(H,22,24)(H,23,25). The lowest BCUT2D eigenvalue weighted by atomic mass is 10.0. The van der Waals surface area contributed by atoms with E-state index < -0.39 is 11.5 Å². The molecule has 5 nitrogen and oxygen atoms in total. The summed E-state index contributed by atoms with van der Waals surface area (Å²) in [6, 6.07) is 16.5. The number of rotatable bonds is 5. The van der Waals surface area contributed by atoms with Crippen LogP contribution >= 0.6 is 0 Å². The third-order valence-electron chi connectivity index (χ3n) is 3.97. The quantitative estimate of drug-likeness (QED) is 0.754. The van der Waals surface area contributed by atoms with E-state index >= 15 is 0 Å². The summed E-state index contributed by atoms with van der Waals surface area (Å²) in [5.41, 5.74) is 2.70. The number of carbonyl (C=O) groups excluding carboxylic acids is 1. The van der Waals surface area contributed by atoms with Gasteiger partial charge in [0.15, 0.2) is 0 Å². The Morgan fingerprint density at radius 2 is 1.92 bits per heavy atom. The van der Waals surface area contributed by atoms with Crippen LogP contribution in [0.25, 0.3) is 0 Å². The van der Waals surface area contributed by atoms with E-state index in [1.807, 2.05) is 49.4 Å². The molecular formula is C20H19N3O2. The van der Waals surface area contributed by atoms with Crippen LogP contribution in [0.2, 0.25) is 0 Å². The first-order valence-electron chi connectivity index (χ1n) is 8.08. The van der Waals surface area contributed by atoms with Gasteiger partial charge in [-0.05, 0) is 43.2 Å². The van der Waals surface area contributed by atoms with Crippen LogP contribution in [0.5, 0.6) is 0 Å². The maximum atomic E-state index is 12.5. The first kappa shape index (κ1) is 16.6. The zero-order valence-electron chi connectivity index (χ0n) is 13.9. The molecule has 25 heavy (non-hydrogen) atoms. The Labute approximate surface area is 145 Å². The highest BCUT2D eigenvalue weighted by Gasteiger charge is 2.19. The van der Waals surface area contributed by atoms with Crippen LogP contribution < -0.4 is 10.9 Å². The Morgan fingerprint density at radius 3 is 2.60 bits per heavy atom. The first-order valence-corrected chi connectivity index (χ1v) is 8.08. The van der Waals surface area contributed by atoms with Crippen molar-refractivity contribution in [2.24, 2.45) is 0 Å². The maximum Gasteiger partial charge on any atom is 0.260 e. The smallest absolute Gasteiger partial charge is 0.260 e. The van der Waals surface area contributed by atoms with Crippen LogP contribution in [0.4, 0.5) is 0 Å². The monoisotopic (exact) mass is 333 g/mol. The third-order valence-corrected chi connectivity index (χ3v) is 3.97. The summed E-state index contributed by atoms with van der Waals surface area (Å²) < 4.78 is 0. The molecule has 0 fully saturated rings. The normalized spacial score (nSPS) is 11.7. The molecule has 3 rings (SSSR count). The molecular weight excluding hydrogens is 314 g/mol. The number of aromatic amines is 1. The molecule has 2 aromatic heterocycles. The summed E-state index contributed by atoms with van der Waals surface area (Å²) >= 11 is 0. The summed E-state index contributed by atoms with van der Waals surface area (Å²) in [7, 11) is 0. The Kier molecular flexibility index (Phi) is 5.04. The molecule has 1 atom stereocenters. The minimum Gasteiger partial charge on any atom is -0.343 e. The second-order valence-electron chi connectivity index (χ2n) is 5.88. The third kappa shape index (κ3) is 4.20. The molecule has 0 radical (unpaired) electrons. The number of nitrogens with zero attached hydrogens (tertiary/aromatic N) is 1. The van der Waals surface area contributed by atoms with Gasteiger partial charge in [-0.1, -0.05) is 35.9 Å². The molecule has 0 aliphatic carbocycles. The topological polar surface area (TPSA) is 74.8 Å². The molecule has 1 amide bonds. The molecule has 2 heterocycles. The van der Waals surface area contributed by atoms with Crippen molar-refractivity contribution in [3.8, 4) is 0 Å². The van der Waals surface area contributed by atoms with Gasteiger partial charge in [-0.15, -0.1) is 0 Å². The van der Waals surface area contributed by atoms with Crippen molar-refractivity contribution in [2.45, 2.75) is 19.4 Å². The number of H-pyrrole nitrogens is 1. The van der Waals surface area contributed by atoms with Crippen molar-refractivity contribution in [3.63, 3.8) is 0 Å². The van der Waals surface area contributed by atoms with Crippen LogP contribution in [0.15, 0.2) is 71.8 Å². The molecule has 0 saturated heterocycles. The fraction of sp³-hybridized carbons (Fsp3) is 0.150. The van der Waals surface area contributed by atoms with E-state index in [0.29, 0.717) is 6.42 Å². The number of nitrogens with one attached hydrogen (secondary N) is 2. The van der Waals surface area contributed by atoms with E-state index in [9.17, 15) is 9.59 Å². The van der Waals surface area contributed by atoms with E-state index in [-0.39, 0.29) is 11.6 Å². The van der Waals surface area contributed by atoms with Gasteiger partial charge < -0.3 is 10.3 Å². The van der Waals surface area contributed by atoms with Crippen molar-refractivity contribution >= 4 is 5.91 Å². The molecule has 0 bridgehead atoms. The van der Waals surface area contributed by atoms with Gasteiger partial charge in [0.25, 0.3) is 11.5 Å². The Balaban J connectivity index is 1.86. The molecule has 0 saturated carbocycles. The number of pyridine rings is 2. The van der Waals surface area contributed by atoms with Crippen molar-refractivity contribution in [1.82, 2.24) is 15.3 Å². The fourth-order valence-electron chi connectivity index (χ4n) is 2.61. The summed E-state index contributed by atoms with van der Waals surface area (Å²) in [4.78, 5) is 31.3. The van der Waals surface area contributed by atoms with E-state index in [4.69, 9.17) is 0 Å². The van der Waals surface area contributed by atoms with Gasteiger partial charge in [-0.2, -0.15) is 0 Å².